The van der Waals surface area contributed by atoms with E-state index in [2.05, 4.69) is 79.0 Å². The van der Waals surface area contributed by atoms with Crippen LogP contribution < -0.4 is 5.32 Å². The van der Waals surface area contributed by atoms with Gasteiger partial charge in [0.2, 0.25) is 0 Å². The SMILES string of the molecule is Cl.Cl.Oc1c(I)cc(I)cc1[C@@H](c1cccs1)N1CCNCC1. The van der Waals surface area contributed by atoms with Crippen molar-refractivity contribution in [1.29, 1.82) is 0 Å². The molecule has 1 aliphatic heterocycles. The summed E-state index contributed by atoms with van der Waals surface area (Å²) in [7, 11) is 0. The lowest BCUT2D eigenvalue weighted by Gasteiger charge is -2.35. The summed E-state index contributed by atoms with van der Waals surface area (Å²) >= 11 is 6.30. The normalized spacial score (nSPS) is 16.3. The highest BCUT2D eigenvalue weighted by Gasteiger charge is 2.27. The quantitative estimate of drug-likeness (QED) is 0.511. The molecule has 0 unspecified atom stereocenters. The van der Waals surface area contributed by atoms with E-state index in [-0.39, 0.29) is 30.9 Å². The largest absolute Gasteiger partial charge is 0.506 e. The molecule has 23 heavy (non-hydrogen) atoms. The third kappa shape index (κ3) is 5.08. The Morgan fingerprint density at radius 3 is 2.48 bits per heavy atom. The standard InChI is InChI=1S/C15H16I2N2OS.2ClH/c16-10-8-11(15(20)12(17)9-10)14(13-2-1-7-21-13)19-5-3-18-4-6-19;;/h1-2,7-9,14,18,20H,3-6H2;2*1H/t14-;;/m0../s1. The minimum Gasteiger partial charge on any atom is -0.506 e. The van der Waals surface area contributed by atoms with E-state index >= 15 is 0 Å². The van der Waals surface area contributed by atoms with Crippen LogP contribution in [-0.2, 0) is 0 Å². The molecule has 2 N–H and O–H groups in total. The van der Waals surface area contributed by atoms with E-state index in [1.807, 2.05) is 6.07 Å². The van der Waals surface area contributed by atoms with E-state index < -0.39 is 0 Å². The number of halogens is 4. The third-order valence-electron chi connectivity index (χ3n) is 3.68. The van der Waals surface area contributed by atoms with Crippen molar-refractivity contribution >= 4 is 81.3 Å². The van der Waals surface area contributed by atoms with Crippen LogP contribution in [-0.4, -0.2) is 36.2 Å². The first-order valence-corrected chi connectivity index (χ1v) is 9.86. The highest BCUT2D eigenvalue weighted by Crippen LogP contribution is 2.39. The van der Waals surface area contributed by atoms with E-state index in [4.69, 9.17) is 0 Å². The second-order valence-electron chi connectivity index (χ2n) is 5.03. The summed E-state index contributed by atoms with van der Waals surface area (Å²) in [5.74, 6) is 0.424. The van der Waals surface area contributed by atoms with Crippen LogP contribution in [0.2, 0.25) is 0 Å². The van der Waals surface area contributed by atoms with E-state index in [0.717, 1.165) is 35.3 Å². The number of hydrogen-bond donors (Lipinski definition) is 2. The van der Waals surface area contributed by atoms with E-state index in [9.17, 15) is 5.11 Å². The molecule has 1 aromatic heterocycles. The van der Waals surface area contributed by atoms with Crippen LogP contribution >= 0.6 is 81.3 Å². The third-order valence-corrected chi connectivity index (χ3v) is 6.05. The molecule has 1 aromatic carbocycles. The second-order valence-corrected chi connectivity index (χ2v) is 8.42. The number of piperazine rings is 1. The second kappa shape index (κ2) is 9.98. The minimum absolute atomic E-state index is 0. The molecule has 3 nitrogen and oxygen atoms in total. The summed E-state index contributed by atoms with van der Waals surface area (Å²) in [6, 6.07) is 8.54. The van der Waals surface area contributed by atoms with Gasteiger partial charge in [0, 0.05) is 40.2 Å². The molecular formula is C15H18Cl2I2N2OS. The lowest BCUT2D eigenvalue weighted by atomic mass is 10.0. The summed E-state index contributed by atoms with van der Waals surface area (Å²) in [5.41, 5.74) is 1.02. The first-order valence-electron chi connectivity index (χ1n) is 6.83. The molecule has 1 saturated heterocycles. The molecule has 3 rings (SSSR count). The summed E-state index contributed by atoms with van der Waals surface area (Å²) < 4.78 is 2.09. The van der Waals surface area contributed by atoms with Gasteiger partial charge in [-0.1, -0.05) is 6.07 Å². The van der Waals surface area contributed by atoms with Crippen LogP contribution in [0.4, 0.5) is 0 Å². The number of nitrogens with one attached hydrogen (secondary N) is 1. The molecule has 2 aromatic rings. The summed E-state index contributed by atoms with van der Waals surface area (Å²) in [6.45, 7) is 4.02. The molecule has 0 spiro atoms. The first kappa shape index (κ1) is 21.7. The highest BCUT2D eigenvalue weighted by atomic mass is 127. The van der Waals surface area contributed by atoms with Gasteiger partial charge in [0.1, 0.15) is 5.75 Å². The van der Waals surface area contributed by atoms with E-state index in [0.29, 0.717) is 5.75 Å². The molecule has 8 heteroatoms. The van der Waals surface area contributed by atoms with Gasteiger partial charge < -0.3 is 10.4 Å². The number of aromatic hydroxyl groups is 1. The minimum atomic E-state index is 0. The monoisotopic (exact) mass is 598 g/mol. The molecule has 0 bridgehead atoms. The molecule has 1 fully saturated rings. The van der Waals surface area contributed by atoms with Crippen molar-refractivity contribution in [2.45, 2.75) is 6.04 Å². The fraction of sp³-hybridized carbons (Fsp3) is 0.333. The van der Waals surface area contributed by atoms with Crippen molar-refractivity contribution in [3.63, 3.8) is 0 Å². The Hall–Kier alpha value is 0.680. The zero-order chi connectivity index (χ0) is 14.8. The van der Waals surface area contributed by atoms with Crippen LogP contribution in [0.3, 0.4) is 0 Å². The van der Waals surface area contributed by atoms with Crippen LogP contribution in [0.1, 0.15) is 16.5 Å². The Kier molecular flexibility index (Phi) is 9.43. The maximum absolute atomic E-state index is 10.6. The van der Waals surface area contributed by atoms with Gasteiger partial charge in [-0.05, 0) is 68.8 Å². The van der Waals surface area contributed by atoms with Crippen molar-refractivity contribution in [3.05, 3.63) is 47.2 Å². The maximum Gasteiger partial charge on any atom is 0.134 e. The van der Waals surface area contributed by atoms with Crippen LogP contribution in [0.25, 0.3) is 0 Å². The lowest BCUT2D eigenvalue weighted by molar-refractivity contribution is 0.198. The van der Waals surface area contributed by atoms with Gasteiger partial charge >= 0.3 is 0 Å². The number of hydrogen-bond acceptors (Lipinski definition) is 4. The van der Waals surface area contributed by atoms with Crippen molar-refractivity contribution in [3.8, 4) is 5.75 Å². The van der Waals surface area contributed by atoms with Crippen LogP contribution in [0.15, 0.2) is 29.6 Å². The molecule has 0 radical (unpaired) electrons. The van der Waals surface area contributed by atoms with Crippen LogP contribution in [0.5, 0.6) is 5.75 Å². The molecule has 2 heterocycles. The number of thiophene rings is 1. The van der Waals surface area contributed by atoms with Gasteiger partial charge in [-0.3, -0.25) is 4.90 Å². The Morgan fingerprint density at radius 2 is 1.87 bits per heavy atom. The number of nitrogens with zero attached hydrogens (tertiary/aromatic N) is 1. The van der Waals surface area contributed by atoms with E-state index in [1.54, 1.807) is 11.3 Å². The fourth-order valence-corrected chi connectivity index (χ4v) is 5.48. The van der Waals surface area contributed by atoms with Crippen LogP contribution in [0, 0.1) is 7.14 Å². The smallest absolute Gasteiger partial charge is 0.134 e. The Balaban J connectivity index is 0.00000132. The Labute approximate surface area is 180 Å². The van der Waals surface area contributed by atoms with Crippen molar-refractivity contribution in [2.24, 2.45) is 0 Å². The molecule has 1 aliphatic rings. The lowest BCUT2D eigenvalue weighted by Crippen LogP contribution is -2.45. The van der Waals surface area contributed by atoms with Gasteiger partial charge in [-0.2, -0.15) is 0 Å². The van der Waals surface area contributed by atoms with Gasteiger partial charge in [0.15, 0.2) is 0 Å². The Morgan fingerprint density at radius 1 is 1.17 bits per heavy atom. The first-order chi connectivity index (χ1) is 10.2. The number of benzene rings is 1. The van der Waals surface area contributed by atoms with Gasteiger partial charge in [-0.15, -0.1) is 36.2 Å². The topological polar surface area (TPSA) is 35.5 Å². The molecule has 128 valence electrons. The summed E-state index contributed by atoms with van der Waals surface area (Å²) in [4.78, 5) is 3.76. The predicted molar refractivity (Wildman–Crippen MR) is 119 cm³/mol. The number of phenols is 1. The van der Waals surface area contributed by atoms with Crippen molar-refractivity contribution < 1.29 is 5.11 Å². The molecule has 0 aliphatic carbocycles. The molecule has 1 atom stereocenters. The number of phenolic OH excluding ortho intramolecular Hbond substituents is 1. The van der Waals surface area contributed by atoms with Gasteiger partial charge in [0.05, 0.1) is 9.61 Å². The number of rotatable bonds is 3. The van der Waals surface area contributed by atoms with Gasteiger partial charge in [-0.25, -0.2) is 0 Å². The zero-order valence-electron chi connectivity index (χ0n) is 12.2. The van der Waals surface area contributed by atoms with Crippen molar-refractivity contribution in [1.82, 2.24) is 10.2 Å². The van der Waals surface area contributed by atoms with E-state index in [1.165, 1.54) is 8.45 Å². The molecule has 0 amide bonds. The Bertz CT molecular complexity index is 622. The highest BCUT2D eigenvalue weighted by molar-refractivity contribution is 14.1. The predicted octanol–water partition coefficient (Wildman–Crippen LogP) is 4.50. The summed E-state index contributed by atoms with van der Waals surface area (Å²) in [6.07, 6.45) is 0. The average molecular weight is 599 g/mol. The summed E-state index contributed by atoms with van der Waals surface area (Å²) in [5, 5.41) is 16.1. The molecular weight excluding hydrogens is 581 g/mol. The zero-order valence-corrected chi connectivity index (χ0v) is 18.9. The maximum atomic E-state index is 10.6. The molecule has 0 saturated carbocycles. The fourth-order valence-electron chi connectivity index (χ4n) is 2.71. The van der Waals surface area contributed by atoms with Gasteiger partial charge in [0.25, 0.3) is 0 Å². The average Bonchev–Trinajstić information content (AvgIpc) is 2.99. The van der Waals surface area contributed by atoms with Crippen molar-refractivity contribution in [2.75, 3.05) is 26.2 Å².